The third-order valence-electron chi connectivity index (χ3n) is 3.48. The van der Waals surface area contributed by atoms with Gasteiger partial charge < -0.3 is 9.73 Å². The largest absolute Gasteiger partial charge is 0.456 e. The number of hydrogen-bond donors (Lipinski definition) is 1. The molecule has 4 rings (SSSR count). The lowest BCUT2D eigenvalue weighted by atomic mass is 10.1. The number of carbonyl (C=O) groups excluding carboxylic acids is 1. The molecule has 4 heterocycles. The normalized spacial score (nSPS) is 16.0. The highest BCUT2D eigenvalue weighted by Gasteiger charge is 2.23. The van der Waals surface area contributed by atoms with Crippen LogP contribution in [0.4, 0.5) is 0 Å². The molecule has 25 heavy (non-hydrogen) atoms. The molecule has 1 saturated heterocycles. The Balaban J connectivity index is 1.77. The van der Waals surface area contributed by atoms with Gasteiger partial charge in [-0.15, -0.1) is 0 Å². The summed E-state index contributed by atoms with van der Waals surface area (Å²) in [5.41, 5.74) is 2.29. The number of fused-ring (bicyclic) bond motifs is 1. The van der Waals surface area contributed by atoms with Gasteiger partial charge in [-0.05, 0) is 12.3 Å². The number of pyridine rings is 1. The number of thioether (sulfide) groups is 2. The van der Waals surface area contributed by atoms with E-state index in [4.69, 9.17) is 16.6 Å². The average Bonchev–Trinajstić information content (AvgIpc) is 3.17. The van der Waals surface area contributed by atoms with Gasteiger partial charge in [0.25, 0.3) is 5.91 Å². The van der Waals surface area contributed by atoms with Crippen LogP contribution < -0.4 is 5.32 Å². The fraction of sp³-hybridized carbons (Fsp3) is 0.0625. The Labute approximate surface area is 156 Å². The maximum Gasteiger partial charge on any atom is 0.263 e. The van der Waals surface area contributed by atoms with Gasteiger partial charge in [0, 0.05) is 47.4 Å². The summed E-state index contributed by atoms with van der Waals surface area (Å²) in [5.74, 6) is 0.350. The maximum absolute atomic E-state index is 11.8. The molecule has 0 spiro atoms. The predicted octanol–water partition coefficient (Wildman–Crippen LogP) is 3.50. The molecule has 9 heteroatoms. The first-order valence-corrected chi connectivity index (χ1v) is 9.58. The average molecular weight is 386 g/mol. The fourth-order valence-corrected chi connectivity index (χ4v) is 3.71. The molecule has 1 amide bonds. The Morgan fingerprint density at radius 2 is 2.08 bits per heavy atom. The van der Waals surface area contributed by atoms with Crippen LogP contribution in [0.25, 0.3) is 28.2 Å². The van der Waals surface area contributed by atoms with E-state index in [1.54, 1.807) is 30.9 Å². The van der Waals surface area contributed by atoms with Gasteiger partial charge in [-0.2, -0.15) is 0 Å². The molecule has 0 radical (unpaired) electrons. The Kier molecular flexibility index (Phi) is 4.28. The molecule has 0 aromatic carbocycles. The van der Waals surface area contributed by atoms with Crippen molar-refractivity contribution in [2.24, 2.45) is 0 Å². The Morgan fingerprint density at radius 1 is 1.28 bits per heavy atom. The zero-order chi connectivity index (χ0) is 17.4. The lowest BCUT2D eigenvalue weighted by Crippen LogP contribution is -2.17. The van der Waals surface area contributed by atoms with Crippen molar-refractivity contribution >= 4 is 63.0 Å². The number of carbonyl (C=O) groups is 1. The molecule has 1 N–H and O–H groups in total. The minimum absolute atomic E-state index is 0.213. The van der Waals surface area contributed by atoms with Crippen molar-refractivity contribution in [3.8, 4) is 11.1 Å². The summed E-state index contributed by atoms with van der Waals surface area (Å²) < 4.78 is 6.39. The molecule has 1 aliphatic heterocycles. The van der Waals surface area contributed by atoms with Crippen LogP contribution in [0.15, 0.2) is 45.3 Å². The second kappa shape index (κ2) is 6.58. The van der Waals surface area contributed by atoms with Gasteiger partial charge in [-0.25, -0.2) is 9.97 Å². The quantitative estimate of drug-likeness (QED) is 0.317. The molecule has 0 aliphatic carbocycles. The predicted molar refractivity (Wildman–Crippen MR) is 103 cm³/mol. The van der Waals surface area contributed by atoms with Crippen LogP contribution in [-0.2, 0) is 4.79 Å². The zero-order valence-electron chi connectivity index (χ0n) is 12.8. The van der Waals surface area contributed by atoms with Crippen molar-refractivity contribution < 1.29 is 9.21 Å². The van der Waals surface area contributed by atoms with E-state index >= 15 is 0 Å². The van der Waals surface area contributed by atoms with E-state index in [2.05, 4.69) is 20.3 Å². The summed E-state index contributed by atoms with van der Waals surface area (Å²) >= 11 is 7.69. The second-order valence-electron chi connectivity index (χ2n) is 5.06. The summed E-state index contributed by atoms with van der Waals surface area (Å²) in [6.07, 6.45) is 10.5. The molecule has 1 fully saturated rings. The van der Waals surface area contributed by atoms with E-state index in [-0.39, 0.29) is 5.91 Å². The van der Waals surface area contributed by atoms with Crippen LogP contribution >= 0.6 is 35.7 Å². The standard InChI is InChI=1S/C16H10N4O2S3/c1-24-15-18-5-9(6-19-15)11-7-17-4-8-2-10(22-13(8)11)3-12-14(21)20-16(23)25-12/h2-7H,1H3,(H,20,21,23). The molecule has 0 unspecified atom stereocenters. The first kappa shape index (κ1) is 16.2. The zero-order valence-corrected chi connectivity index (χ0v) is 15.3. The SMILES string of the molecule is CSc1ncc(-c2cncc3cc(C=C4SC(=S)NC4=O)oc23)cn1. The summed E-state index contributed by atoms with van der Waals surface area (Å²) in [5, 5.41) is 4.12. The van der Waals surface area contributed by atoms with E-state index in [0.717, 1.165) is 16.5 Å². The van der Waals surface area contributed by atoms with E-state index in [1.165, 1.54) is 23.5 Å². The summed E-state index contributed by atoms with van der Waals surface area (Å²) in [6, 6.07) is 1.84. The van der Waals surface area contributed by atoms with Gasteiger partial charge in [0.05, 0.1) is 4.91 Å². The fourth-order valence-electron chi connectivity index (χ4n) is 2.37. The monoisotopic (exact) mass is 386 g/mol. The minimum Gasteiger partial charge on any atom is -0.456 e. The van der Waals surface area contributed by atoms with Crippen LogP contribution in [0, 0.1) is 0 Å². The summed E-state index contributed by atoms with van der Waals surface area (Å²) in [4.78, 5) is 25.1. The Morgan fingerprint density at radius 3 is 2.76 bits per heavy atom. The van der Waals surface area contributed by atoms with Crippen molar-refractivity contribution in [2.45, 2.75) is 5.16 Å². The van der Waals surface area contributed by atoms with Crippen molar-refractivity contribution in [1.82, 2.24) is 20.3 Å². The smallest absolute Gasteiger partial charge is 0.263 e. The number of amides is 1. The van der Waals surface area contributed by atoms with Crippen LogP contribution in [0.5, 0.6) is 0 Å². The van der Waals surface area contributed by atoms with Crippen LogP contribution in [0.3, 0.4) is 0 Å². The first-order valence-electron chi connectivity index (χ1n) is 7.13. The van der Waals surface area contributed by atoms with Gasteiger partial charge >= 0.3 is 0 Å². The molecule has 0 saturated carbocycles. The number of nitrogens with zero attached hydrogens (tertiary/aromatic N) is 3. The molecule has 0 atom stereocenters. The van der Waals surface area contributed by atoms with Gasteiger partial charge in [-0.1, -0.05) is 35.7 Å². The van der Waals surface area contributed by atoms with Gasteiger partial charge in [0.15, 0.2) is 5.16 Å². The highest BCUT2D eigenvalue weighted by Crippen LogP contribution is 2.32. The van der Waals surface area contributed by atoms with Crippen molar-refractivity contribution in [3.63, 3.8) is 0 Å². The maximum atomic E-state index is 11.8. The molecule has 3 aromatic heterocycles. The molecule has 0 bridgehead atoms. The van der Waals surface area contributed by atoms with Crippen LogP contribution in [-0.4, -0.2) is 31.4 Å². The third kappa shape index (κ3) is 3.17. The van der Waals surface area contributed by atoms with Gasteiger partial charge in [-0.3, -0.25) is 9.78 Å². The number of furan rings is 1. The van der Waals surface area contributed by atoms with Crippen molar-refractivity contribution in [1.29, 1.82) is 0 Å². The van der Waals surface area contributed by atoms with E-state index in [9.17, 15) is 4.79 Å². The van der Waals surface area contributed by atoms with E-state index in [0.29, 0.717) is 25.7 Å². The van der Waals surface area contributed by atoms with E-state index in [1.807, 2.05) is 12.3 Å². The highest BCUT2D eigenvalue weighted by molar-refractivity contribution is 8.26. The number of hydrogen-bond acceptors (Lipinski definition) is 8. The summed E-state index contributed by atoms with van der Waals surface area (Å²) in [6.45, 7) is 0. The molecule has 3 aromatic rings. The lowest BCUT2D eigenvalue weighted by molar-refractivity contribution is -0.115. The molecular formula is C16H10N4O2S3. The number of rotatable bonds is 3. The first-order chi connectivity index (χ1) is 12.1. The van der Waals surface area contributed by atoms with Crippen molar-refractivity contribution in [3.05, 3.63) is 41.5 Å². The van der Waals surface area contributed by atoms with Crippen LogP contribution in [0.1, 0.15) is 5.76 Å². The molecule has 124 valence electrons. The Hall–Kier alpha value is -2.23. The molecule has 6 nitrogen and oxygen atoms in total. The number of thiocarbonyl (C=S) groups is 1. The second-order valence-corrected chi connectivity index (χ2v) is 7.56. The van der Waals surface area contributed by atoms with E-state index < -0.39 is 0 Å². The van der Waals surface area contributed by atoms with Gasteiger partial charge in [0.2, 0.25) is 0 Å². The highest BCUT2D eigenvalue weighted by atomic mass is 32.2. The third-order valence-corrected chi connectivity index (χ3v) is 5.22. The number of aromatic nitrogens is 3. The number of nitrogens with one attached hydrogen (secondary N) is 1. The van der Waals surface area contributed by atoms with Crippen molar-refractivity contribution in [2.75, 3.05) is 6.26 Å². The minimum atomic E-state index is -0.213. The Bertz CT molecular complexity index is 1030. The molecular weight excluding hydrogens is 376 g/mol. The lowest BCUT2D eigenvalue weighted by Gasteiger charge is -2.01. The van der Waals surface area contributed by atoms with Gasteiger partial charge in [0.1, 0.15) is 15.7 Å². The van der Waals surface area contributed by atoms with Crippen LogP contribution in [0.2, 0.25) is 0 Å². The molecule has 1 aliphatic rings. The summed E-state index contributed by atoms with van der Waals surface area (Å²) in [7, 11) is 0. The topological polar surface area (TPSA) is 80.9 Å².